The molecule has 9 nitrogen and oxygen atoms in total. The number of nitrogens with zero attached hydrogens (tertiary/aromatic N) is 1. The van der Waals surface area contributed by atoms with Crippen molar-refractivity contribution in [2.75, 3.05) is 20.1 Å². The monoisotopic (exact) mass is 482 g/mol. The lowest BCUT2D eigenvalue weighted by Gasteiger charge is -2.34. The van der Waals surface area contributed by atoms with Crippen molar-refractivity contribution in [3.63, 3.8) is 0 Å². The molecule has 2 aromatic carbocycles. The molecule has 0 aliphatic carbocycles. The number of fused-ring (bicyclic) bond motifs is 1. The highest BCUT2D eigenvalue weighted by atomic mass is 35.5. The van der Waals surface area contributed by atoms with Crippen molar-refractivity contribution in [3.8, 4) is 22.8 Å². The van der Waals surface area contributed by atoms with Gasteiger partial charge in [-0.2, -0.15) is 0 Å². The molecular weight excluding hydrogens is 461 g/mol. The highest BCUT2D eigenvalue weighted by molar-refractivity contribution is 7.46. The van der Waals surface area contributed by atoms with Gasteiger partial charge in [0.2, 0.25) is 0 Å². The highest BCUT2D eigenvalue weighted by Gasteiger charge is 2.34. The van der Waals surface area contributed by atoms with Crippen LogP contribution in [0.5, 0.6) is 11.5 Å². The van der Waals surface area contributed by atoms with Gasteiger partial charge in [-0.3, -0.25) is 14.6 Å². The zero-order valence-corrected chi connectivity index (χ0v) is 18.5. The Morgan fingerprint density at radius 3 is 2.69 bits per heavy atom. The number of hydrogen-bond acceptors (Lipinski definition) is 7. The van der Waals surface area contributed by atoms with E-state index in [0.29, 0.717) is 5.56 Å². The molecule has 170 valence electrons. The molecule has 1 aromatic heterocycles. The minimum absolute atomic E-state index is 0.0188. The van der Waals surface area contributed by atoms with Gasteiger partial charge in [0, 0.05) is 37.1 Å². The number of phosphoric acid groups is 1. The summed E-state index contributed by atoms with van der Waals surface area (Å²) < 4.78 is 30.6. The van der Waals surface area contributed by atoms with Gasteiger partial charge >= 0.3 is 7.82 Å². The van der Waals surface area contributed by atoms with Crippen molar-refractivity contribution in [1.82, 2.24) is 4.90 Å². The predicted octanol–water partition coefficient (Wildman–Crippen LogP) is 3.07. The van der Waals surface area contributed by atoms with Gasteiger partial charge in [-0.15, -0.1) is 0 Å². The smallest absolute Gasteiger partial charge is 0.507 e. The molecular formula is C21H21ClNO8P. The Kier molecular flexibility index (Phi) is 5.71. The molecule has 0 radical (unpaired) electrons. The third-order valence-electron chi connectivity index (χ3n) is 5.26. The molecule has 0 bridgehead atoms. The maximum Gasteiger partial charge on any atom is 0.524 e. The number of benzene rings is 2. The zero-order chi connectivity index (χ0) is 24.1. The minimum Gasteiger partial charge on any atom is -0.507 e. The molecule has 1 fully saturated rings. The number of β-amino-alcohol motifs (C(OH)–C–C–N with tert-alkyl or cyclic N) is 1. The average Bonchev–Trinajstić information content (AvgIpc) is 2.68. The van der Waals surface area contributed by atoms with Crippen LogP contribution in [0.25, 0.3) is 22.3 Å². The highest BCUT2D eigenvalue weighted by Crippen LogP contribution is 2.47. The van der Waals surface area contributed by atoms with Gasteiger partial charge in [0.05, 0.1) is 11.1 Å². The number of hydrogen-bond donors (Lipinski definition) is 4. The Morgan fingerprint density at radius 1 is 1.31 bits per heavy atom. The number of phenols is 1. The second kappa shape index (κ2) is 8.51. The Bertz CT molecular complexity index is 1310. The van der Waals surface area contributed by atoms with Crippen LogP contribution in [0.4, 0.5) is 0 Å². The lowest BCUT2D eigenvalue weighted by Crippen LogP contribution is -2.40. The van der Waals surface area contributed by atoms with Crippen LogP contribution in [0.3, 0.4) is 0 Å². The first-order valence-corrected chi connectivity index (χ1v) is 11.5. The molecule has 1 saturated heterocycles. The summed E-state index contributed by atoms with van der Waals surface area (Å²) in [5.74, 6) is -2.02. The van der Waals surface area contributed by atoms with E-state index in [1.54, 1.807) is 36.2 Å². The van der Waals surface area contributed by atoms with E-state index in [2.05, 4.69) is 4.52 Å². The molecule has 4 rings (SSSR count). The number of halogens is 1. The van der Waals surface area contributed by atoms with Crippen LogP contribution in [0.15, 0.2) is 45.6 Å². The Morgan fingerprint density at radius 2 is 2.03 bits per heavy atom. The number of phosphoric ester groups is 1. The molecule has 0 amide bonds. The van der Waals surface area contributed by atoms with Crippen LogP contribution in [0.1, 0.15) is 19.2 Å². The Labute approximate surface area is 189 Å². The first kappa shape index (κ1) is 21.5. The number of likely N-dealkylation sites (N-methyl/N-ethyl adjacent to an activating group) is 1. The summed E-state index contributed by atoms with van der Waals surface area (Å²) >= 11 is 6.25. The van der Waals surface area contributed by atoms with E-state index in [-0.39, 0.29) is 40.4 Å². The molecule has 2 heterocycles. The number of piperidine rings is 1. The number of rotatable bonds is 4. The van der Waals surface area contributed by atoms with Crippen molar-refractivity contribution < 1.29 is 34.9 Å². The first-order chi connectivity index (χ1) is 15.5. The van der Waals surface area contributed by atoms with Crippen LogP contribution < -0.4 is 9.95 Å². The first-order valence-electron chi connectivity index (χ1n) is 10.2. The molecule has 4 N–H and O–H groups in total. The Hall–Kier alpha value is -2.39. The van der Waals surface area contributed by atoms with E-state index in [1.807, 2.05) is 0 Å². The number of likely N-dealkylation sites (tertiary alicyclic amines) is 1. The number of aliphatic hydroxyl groups excluding tert-OH is 1. The van der Waals surface area contributed by atoms with Gasteiger partial charge < -0.3 is 24.1 Å². The minimum atomic E-state index is -5.10. The molecule has 3 atom stereocenters. The van der Waals surface area contributed by atoms with Gasteiger partial charge in [-0.25, -0.2) is 4.57 Å². The summed E-state index contributed by atoms with van der Waals surface area (Å²) in [4.78, 5) is 33.5. The van der Waals surface area contributed by atoms with Crippen molar-refractivity contribution in [1.29, 1.82) is 0 Å². The van der Waals surface area contributed by atoms with Crippen molar-refractivity contribution in [2.45, 2.75) is 18.4 Å². The van der Waals surface area contributed by atoms with Crippen LogP contribution >= 0.6 is 19.4 Å². The molecule has 0 saturated carbocycles. The maximum absolute atomic E-state index is 13.1. The van der Waals surface area contributed by atoms with Gasteiger partial charge in [-0.05, 0) is 32.1 Å². The van der Waals surface area contributed by atoms with E-state index in [0.717, 1.165) is 12.1 Å². The summed E-state index contributed by atoms with van der Waals surface area (Å²) in [5, 5.41) is 21.5. The molecule has 1 aliphatic rings. The van der Waals surface area contributed by atoms with E-state index in [4.69, 9.17) is 17.4 Å². The number of aromatic hydroxyl groups is 1. The van der Waals surface area contributed by atoms with E-state index in [1.165, 1.54) is 0 Å². The van der Waals surface area contributed by atoms with E-state index in [9.17, 15) is 29.4 Å². The third-order valence-corrected chi connectivity index (χ3v) is 6.02. The third kappa shape index (κ3) is 4.41. The van der Waals surface area contributed by atoms with Gasteiger partial charge in [-0.1, -0.05) is 23.7 Å². The quantitative estimate of drug-likeness (QED) is 0.413. The van der Waals surface area contributed by atoms with Gasteiger partial charge in [0.1, 0.15) is 28.2 Å². The molecule has 32 heavy (non-hydrogen) atoms. The SMILES string of the molecule is [2H]C1CN(C)CC(O)C1c1c(O)cc(OP(=O)(O)O)c2c(=O)cc(-c3ccccc3Cl)oc12. The second-order valence-electron chi connectivity index (χ2n) is 7.60. The predicted molar refractivity (Wildman–Crippen MR) is 118 cm³/mol. The van der Waals surface area contributed by atoms with Gasteiger partial charge in [0.15, 0.2) is 5.43 Å². The second-order valence-corrected chi connectivity index (χ2v) is 9.17. The standard InChI is InChI=1S/C21H21ClNO8P/c1-23-7-6-12(16(26)10-23)19-14(24)9-18(31-32(27,28)29)20-15(25)8-17(30-21(19)20)11-4-2-3-5-13(11)22/h2-5,8-9,12,16,24,26H,6-7,10H2,1H3,(H2,27,28,29)/i6D. The fourth-order valence-electron chi connectivity index (χ4n) is 3.89. The lowest BCUT2D eigenvalue weighted by atomic mass is 9.85. The maximum atomic E-state index is 13.1. The normalized spacial score (nSPS) is 22.7. The van der Waals surface area contributed by atoms with Crippen LogP contribution in [0, 0.1) is 0 Å². The molecule has 3 unspecified atom stereocenters. The fourth-order valence-corrected chi connectivity index (χ4v) is 4.52. The summed E-state index contributed by atoms with van der Waals surface area (Å²) in [6.45, 7) is 0.480. The lowest BCUT2D eigenvalue weighted by molar-refractivity contribution is 0.0630. The van der Waals surface area contributed by atoms with Crippen molar-refractivity contribution >= 4 is 30.4 Å². The summed E-state index contributed by atoms with van der Waals surface area (Å²) in [6.07, 6.45) is -1.97. The molecule has 0 spiro atoms. The largest absolute Gasteiger partial charge is 0.524 e. The van der Waals surface area contributed by atoms with E-state index < -0.39 is 43.2 Å². The Balaban J connectivity index is 2.06. The topological polar surface area (TPSA) is 141 Å². The fraction of sp³-hybridized carbons (Fsp3) is 0.286. The van der Waals surface area contributed by atoms with Crippen LogP contribution in [-0.4, -0.2) is 51.1 Å². The molecule has 11 heteroatoms. The summed E-state index contributed by atoms with van der Waals surface area (Å²) in [6, 6.07) is 8.55. The van der Waals surface area contributed by atoms with E-state index >= 15 is 0 Å². The number of phenolic OH excluding ortho intramolecular Hbond substituents is 1. The average molecular weight is 483 g/mol. The van der Waals surface area contributed by atoms with Crippen LogP contribution in [-0.2, 0) is 4.57 Å². The van der Waals surface area contributed by atoms with Crippen molar-refractivity contribution in [2.24, 2.45) is 0 Å². The number of aliphatic hydroxyl groups is 1. The zero-order valence-electron chi connectivity index (χ0n) is 17.8. The van der Waals surface area contributed by atoms with Crippen LogP contribution in [0.2, 0.25) is 5.02 Å². The van der Waals surface area contributed by atoms with Gasteiger partial charge in [0.25, 0.3) is 0 Å². The van der Waals surface area contributed by atoms with Crippen molar-refractivity contribution in [3.05, 3.63) is 57.2 Å². The molecule has 1 aliphatic heterocycles. The summed E-state index contributed by atoms with van der Waals surface area (Å²) in [7, 11) is -3.35. The molecule has 3 aromatic rings. The summed E-state index contributed by atoms with van der Waals surface area (Å²) in [5.41, 5.74) is -0.600.